The molecule has 2 saturated carbocycles. The Morgan fingerprint density at radius 3 is 2.03 bits per heavy atom. The van der Waals surface area contributed by atoms with Crippen molar-refractivity contribution in [3.8, 4) is 11.5 Å². The molecule has 2 fully saturated rings. The molecule has 168 valence electrons. The van der Waals surface area contributed by atoms with Gasteiger partial charge < -0.3 is 10.6 Å². The van der Waals surface area contributed by atoms with Crippen molar-refractivity contribution >= 4 is 11.9 Å². The molecule has 0 spiro atoms. The molecule has 0 amide bonds. The minimum absolute atomic E-state index is 0.0661. The van der Waals surface area contributed by atoms with Gasteiger partial charge in [-0.15, -0.1) is 0 Å². The van der Waals surface area contributed by atoms with Crippen LogP contribution in [0.5, 0.6) is 0 Å². The minimum atomic E-state index is -2.93. The molecule has 4 rings (SSSR count). The van der Waals surface area contributed by atoms with Gasteiger partial charge in [0.2, 0.25) is 23.7 Å². The van der Waals surface area contributed by atoms with E-state index in [2.05, 4.69) is 24.9 Å². The maximum atomic E-state index is 13.9. The summed E-state index contributed by atoms with van der Waals surface area (Å²) in [6.07, 6.45) is -2.56. The maximum Gasteiger partial charge on any atom is 0.281 e. The van der Waals surface area contributed by atoms with E-state index in [-0.39, 0.29) is 49.1 Å². The van der Waals surface area contributed by atoms with Gasteiger partial charge in [-0.25, -0.2) is 31.3 Å². The zero-order valence-electron chi connectivity index (χ0n) is 16.2. The van der Waals surface area contributed by atoms with E-state index in [0.717, 1.165) is 12.4 Å². The van der Waals surface area contributed by atoms with Crippen molar-refractivity contribution in [2.75, 3.05) is 10.6 Å². The average molecular weight is 447 g/mol. The molecule has 13 heteroatoms. The van der Waals surface area contributed by atoms with Gasteiger partial charge >= 0.3 is 0 Å². The number of hydrogen-bond acceptors (Lipinski definition) is 7. The Labute approximate surface area is 173 Å². The van der Waals surface area contributed by atoms with Crippen LogP contribution in [0.2, 0.25) is 0 Å². The Bertz CT molecular complexity index is 931. The molecule has 2 aromatic heterocycles. The Balaban J connectivity index is 1.74. The predicted molar refractivity (Wildman–Crippen MR) is 97.9 cm³/mol. The lowest BCUT2D eigenvalue weighted by Gasteiger charge is -2.34. The number of anilines is 2. The van der Waals surface area contributed by atoms with E-state index >= 15 is 0 Å². The van der Waals surface area contributed by atoms with Crippen molar-refractivity contribution in [1.82, 2.24) is 24.9 Å². The molecule has 2 N–H and O–H groups in total. The van der Waals surface area contributed by atoms with Crippen LogP contribution in [0, 0.1) is 0 Å². The Hall–Kier alpha value is -2.73. The van der Waals surface area contributed by atoms with Gasteiger partial charge in [-0.2, -0.15) is 15.0 Å². The Morgan fingerprint density at radius 2 is 1.52 bits per heavy atom. The van der Waals surface area contributed by atoms with E-state index in [4.69, 9.17) is 5.73 Å². The maximum absolute atomic E-state index is 13.9. The first-order valence-corrected chi connectivity index (χ1v) is 9.69. The monoisotopic (exact) mass is 447 g/mol. The molecule has 0 saturated heterocycles. The van der Waals surface area contributed by atoms with Gasteiger partial charge in [0, 0.05) is 37.8 Å². The Morgan fingerprint density at radius 1 is 0.903 bits per heavy atom. The molecule has 0 aromatic carbocycles. The third-order valence-electron chi connectivity index (χ3n) is 5.52. The highest BCUT2D eigenvalue weighted by atomic mass is 19.3. The standard InChI is InChI=1S/C18H19F6N7/c19-13(20)11-7-26-8-12(27-11)14-28-15(25)30-16(29-14)31(9-1-3-17(21,22)5-9)10-2-4-18(23,24)6-10/h7-10,13H,1-6H2,(H2,25,28,29,30). The summed E-state index contributed by atoms with van der Waals surface area (Å²) in [6, 6.07) is -1.55. The van der Waals surface area contributed by atoms with E-state index in [1.54, 1.807) is 0 Å². The van der Waals surface area contributed by atoms with E-state index < -0.39 is 48.9 Å². The molecule has 2 aliphatic carbocycles. The summed E-state index contributed by atoms with van der Waals surface area (Å²) >= 11 is 0. The lowest BCUT2D eigenvalue weighted by atomic mass is 10.1. The van der Waals surface area contributed by atoms with Crippen LogP contribution in [0.25, 0.3) is 11.5 Å². The fraction of sp³-hybridized carbons (Fsp3) is 0.611. The largest absolute Gasteiger partial charge is 0.368 e. The summed E-state index contributed by atoms with van der Waals surface area (Å²) in [7, 11) is 0. The zero-order chi connectivity index (χ0) is 22.4. The third kappa shape index (κ3) is 4.64. The summed E-state index contributed by atoms with van der Waals surface area (Å²) in [5.74, 6) is -6.52. The molecule has 2 aliphatic rings. The number of nitrogens with zero attached hydrogens (tertiary/aromatic N) is 6. The fourth-order valence-corrected chi connectivity index (χ4v) is 4.16. The summed E-state index contributed by atoms with van der Waals surface area (Å²) in [4.78, 5) is 20.9. The number of aromatic nitrogens is 5. The van der Waals surface area contributed by atoms with E-state index in [1.165, 1.54) is 4.90 Å². The van der Waals surface area contributed by atoms with Crippen LogP contribution in [0.1, 0.15) is 50.6 Å². The molecule has 0 aliphatic heterocycles. The molecule has 2 heterocycles. The molecule has 7 nitrogen and oxygen atoms in total. The van der Waals surface area contributed by atoms with Crippen LogP contribution >= 0.6 is 0 Å². The first-order chi connectivity index (χ1) is 14.5. The van der Waals surface area contributed by atoms with Crippen molar-refractivity contribution in [2.45, 2.75) is 68.9 Å². The van der Waals surface area contributed by atoms with Crippen molar-refractivity contribution in [2.24, 2.45) is 0 Å². The molecule has 2 aromatic rings. The predicted octanol–water partition coefficient (Wildman–Crippen LogP) is 4.03. The van der Waals surface area contributed by atoms with E-state index in [9.17, 15) is 26.3 Å². The molecular weight excluding hydrogens is 428 g/mol. The van der Waals surface area contributed by atoms with Crippen molar-refractivity contribution in [3.63, 3.8) is 0 Å². The van der Waals surface area contributed by atoms with Gasteiger partial charge in [-0.3, -0.25) is 4.98 Å². The van der Waals surface area contributed by atoms with Crippen LogP contribution in [0.3, 0.4) is 0 Å². The zero-order valence-corrected chi connectivity index (χ0v) is 16.2. The highest BCUT2D eigenvalue weighted by Gasteiger charge is 2.49. The molecule has 31 heavy (non-hydrogen) atoms. The molecule has 2 atom stereocenters. The molecule has 0 bridgehead atoms. The van der Waals surface area contributed by atoms with Crippen LogP contribution < -0.4 is 10.6 Å². The average Bonchev–Trinajstić information content (AvgIpc) is 3.23. The van der Waals surface area contributed by atoms with Gasteiger partial charge in [0.1, 0.15) is 11.4 Å². The minimum Gasteiger partial charge on any atom is -0.368 e. The molecule has 2 unspecified atom stereocenters. The van der Waals surface area contributed by atoms with Crippen molar-refractivity contribution in [1.29, 1.82) is 0 Å². The molecular formula is C18H19F6N7. The van der Waals surface area contributed by atoms with Gasteiger partial charge in [-0.1, -0.05) is 0 Å². The van der Waals surface area contributed by atoms with E-state index in [0.29, 0.717) is 0 Å². The lowest BCUT2D eigenvalue weighted by molar-refractivity contribution is 0.00541. The second-order valence-corrected chi connectivity index (χ2v) is 7.86. The number of halogens is 6. The van der Waals surface area contributed by atoms with Gasteiger partial charge in [-0.05, 0) is 12.8 Å². The third-order valence-corrected chi connectivity index (χ3v) is 5.52. The number of hydrogen-bond donors (Lipinski definition) is 1. The first kappa shape index (κ1) is 21.5. The highest BCUT2D eigenvalue weighted by molar-refractivity contribution is 5.53. The topological polar surface area (TPSA) is 93.7 Å². The fourth-order valence-electron chi connectivity index (χ4n) is 4.16. The quantitative estimate of drug-likeness (QED) is 0.692. The summed E-state index contributed by atoms with van der Waals surface area (Å²) in [5, 5.41) is 0. The SMILES string of the molecule is Nc1nc(-c2cncc(C(F)F)n2)nc(N(C2CCC(F)(F)C2)C2CCC(F)(F)C2)n1. The van der Waals surface area contributed by atoms with Crippen LogP contribution in [0.15, 0.2) is 12.4 Å². The number of nitrogens with two attached hydrogens (primary N) is 1. The summed E-state index contributed by atoms with van der Waals surface area (Å²) < 4.78 is 81.6. The summed E-state index contributed by atoms with van der Waals surface area (Å²) in [6.45, 7) is 0. The smallest absolute Gasteiger partial charge is 0.281 e. The van der Waals surface area contributed by atoms with Crippen LogP contribution in [0.4, 0.5) is 38.2 Å². The lowest BCUT2D eigenvalue weighted by Crippen LogP contribution is -2.43. The van der Waals surface area contributed by atoms with Crippen LogP contribution in [-0.4, -0.2) is 48.8 Å². The Kier molecular flexibility index (Phi) is 5.38. The van der Waals surface area contributed by atoms with Gasteiger partial charge in [0.05, 0.1) is 12.4 Å². The number of nitrogen functional groups attached to an aromatic ring is 1. The van der Waals surface area contributed by atoms with Gasteiger partial charge in [0.25, 0.3) is 6.43 Å². The van der Waals surface area contributed by atoms with Crippen molar-refractivity contribution < 1.29 is 26.3 Å². The van der Waals surface area contributed by atoms with E-state index in [1.807, 2.05) is 0 Å². The number of alkyl halides is 6. The van der Waals surface area contributed by atoms with Gasteiger partial charge in [0.15, 0.2) is 5.82 Å². The highest BCUT2D eigenvalue weighted by Crippen LogP contribution is 2.44. The molecule has 0 radical (unpaired) electrons. The second kappa shape index (κ2) is 7.75. The van der Waals surface area contributed by atoms with Crippen molar-refractivity contribution in [3.05, 3.63) is 18.1 Å². The first-order valence-electron chi connectivity index (χ1n) is 9.69. The second-order valence-electron chi connectivity index (χ2n) is 7.86. The number of rotatable bonds is 5. The van der Waals surface area contributed by atoms with Crippen LogP contribution in [-0.2, 0) is 0 Å². The normalized spacial score (nSPS) is 24.6. The summed E-state index contributed by atoms with van der Waals surface area (Å²) in [5.41, 5.74) is 5.02.